The summed E-state index contributed by atoms with van der Waals surface area (Å²) in [6.45, 7) is 2.16. The Morgan fingerprint density at radius 3 is 2.38 bits per heavy atom. The minimum atomic E-state index is 0.160. The average molecular weight is 224 g/mol. The van der Waals surface area contributed by atoms with Gasteiger partial charge in [0.1, 0.15) is 11.6 Å². The molecule has 2 heteroatoms. The minimum absolute atomic E-state index is 0.160. The second-order valence-corrected chi connectivity index (χ2v) is 4.97. The Bertz CT molecular complexity index is 227. The van der Waals surface area contributed by atoms with Crippen LogP contribution in [0.3, 0.4) is 0 Å². The third-order valence-electron chi connectivity index (χ3n) is 3.49. The van der Waals surface area contributed by atoms with Gasteiger partial charge < -0.3 is 0 Å². The number of rotatable bonds is 8. The predicted molar refractivity (Wildman–Crippen MR) is 65.3 cm³/mol. The molecule has 2 nitrogen and oxygen atoms in total. The summed E-state index contributed by atoms with van der Waals surface area (Å²) in [4.78, 5) is 23.3. The van der Waals surface area contributed by atoms with E-state index in [9.17, 15) is 9.59 Å². The molecule has 0 aromatic carbocycles. The summed E-state index contributed by atoms with van der Waals surface area (Å²) in [5, 5.41) is 0. The van der Waals surface area contributed by atoms with Crippen LogP contribution in [0, 0.1) is 5.92 Å². The normalized spacial score (nSPS) is 16.6. The van der Waals surface area contributed by atoms with Crippen molar-refractivity contribution in [3.63, 3.8) is 0 Å². The molecule has 0 saturated heterocycles. The van der Waals surface area contributed by atoms with Gasteiger partial charge in [0.15, 0.2) is 0 Å². The summed E-state index contributed by atoms with van der Waals surface area (Å²) in [7, 11) is 0. The lowest BCUT2D eigenvalue weighted by atomic mass is 9.96. The maximum absolute atomic E-state index is 11.7. The van der Waals surface area contributed by atoms with Crippen LogP contribution in [0.2, 0.25) is 0 Å². The van der Waals surface area contributed by atoms with Crippen LogP contribution < -0.4 is 0 Å². The summed E-state index contributed by atoms with van der Waals surface area (Å²) < 4.78 is 0. The zero-order valence-corrected chi connectivity index (χ0v) is 10.5. The molecular formula is C14H24O2. The molecule has 0 aromatic rings. The Balaban J connectivity index is 2.10. The van der Waals surface area contributed by atoms with Crippen molar-refractivity contribution < 1.29 is 9.59 Å². The molecule has 16 heavy (non-hydrogen) atoms. The summed E-state index contributed by atoms with van der Waals surface area (Å²) in [6.07, 6.45) is 9.66. The smallest absolute Gasteiger partial charge is 0.143 e. The molecule has 1 saturated carbocycles. The predicted octanol–water partition coefficient (Wildman–Crippen LogP) is 3.68. The first-order valence-electron chi connectivity index (χ1n) is 6.78. The van der Waals surface area contributed by atoms with Crippen LogP contribution in [0.25, 0.3) is 0 Å². The number of carbonyl (C=O) groups is 2. The number of carbonyl (C=O) groups excluding carboxylic acids is 2. The highest BCUT2D eigenvalue weighted by molar-refractivity contribution is 6.00. The van der Waals surface area contributed by atoms with E-state index in [0.717, 1.165) is 25.7 Å². The van der Waals surface area contributed by atoms with Crippen molar-refractivity contribution in [1.82, 2.24) is 0 Å². The van der Waals surface area contributed by atoms with Crippen molar-refractivity contribution in [2.24, 2.45) is 5.92 Å². The molecule has 0 bridgehead atoms. The quantitative estimate of drug-likeness (QED) is 0.465. The average Bonchev–Trinajstić information content (AvgIpc) is 2.77. The molecule has 1 aliphatic carbocycles. The second kappa shape index (κ2) is 7.59. The van der Waals surface area contributed by atoms with Crippen molar-refractivity contribution >= 4 is 11.6 Å². The molecule has 0 heterocycles. The van der Waals surface area contributed by atoms with Crippen LogP contribution in [0.15, 0.2) is 0 Å². The first-order chi connectivity index (χ1) is 7.74. The van der Waals surface area contributed by atoms with Gasteiger partial charge in [-0.2, -0.15) is 0 Å². The Morgan fingerprint density at radius 2 is 1.75 bits per heavy atom. The van der Waals surface area contributed by atoms with Crippen LogP contribution in [0.4, 0.5) is 0 Å². The van der Waals surface area contributed by atoms with Crippen molar-refractivity contribution in [3.05, 3.63) is 0 Å². The first-order valence-corrected chi connectivity index (χ1v) is 6.78. The van der Waals surface area contributed by atoms with E-state index in [1.807, 2.05) is 0 Å². The van der Waals surface area contributed by atoms with Gasteiger partial charge in [-0.3, -0.25) is 9.59 Å². The molecule has 0 atom stereocenters. The third kappa shape index (κ3) is 4.91. The number of hydrogen-bond donors (Lipinski definition) is 0. The number of Topliss-reactive ketones (excluding diaryl/α,β-unsaturated/α-hetero) is 2. The highest BCUT2D eigenvalue weighted by Crippen LogP contribution is 2.26. The number of hydrogen-bond acceptors (Lipinski definition) is 2. The largest absolute Gasteiger partial charge is 0.299 e. The fraction of sp³-hybridized carbons (Fsp3) is 0.857. The molecule has 0 radical (unpaired) electrons. The summed E-state index contributed by atoms with van der Waals surface area (Å²) in [5.74, 6) is 0.575. The van der Waals surface area contributed by atoms with E-state index in [4.69, 9.17) is 0 Å². The van der Waals surface area contributed by atoms with Gasteiger partial charge in [0.2, 0.25) is 0 Å². The monoisotopic (exact) mass is 224 g/mol. The molecule has 0 amide bonds. The van der Waals surface area contributed by atoms with E-state index < -0.39 is 0 Å². The topological polar surface area (TPSA) is 34.1 Å². The van der Waals surface area contributed by atoms with Gasteiger partial charge in [-0.1, -0.05) is 39.0 Å². The maximum atomic E-state index is 11.7. The van der Waals surface area contributed by atoms with E-state index >= 15 is 0 Å². The zero-order chi connectivity index (χ0) is 11.8. The van der Waals surface area contributed by atoms with Crippen LogP contribution in [-0.2, 0) is 9.59 Å². The summed E-state index contributed by atoms with van der Waals surface area (Å²) in [5.41, 5.74) is 0. The van der Waals surface area contributed by atoms with E-state index in [2.05, 4.69) is 6.92 Å². The lowest BCUT2D eigenvalue weighted by Crippen LogP contribution is -2.15. The van der Waals surface area contributed by atoms with Crippen LogP contribution in [0.1, 0.15) is 71.1 Å². The molecule has 0 unspecified atom stereocenters. The molecule has 1 rings (SSSR count). The zero-order valence-electron chi connectivity index (χ0n) is 10.5. The van der Waals surface area contributed by atoms with Gasteiger partial charge in [0.25, 0.3) is 0 Å². The first kappa shape index (κ1) is 13.4. The van der Waals surface area contributed by atoms with Crippen molar-refractivity contribution in [3.8, 4) is 0 Å². The highest BCUT2D eigenvalue weighted by Gasteiger charge is 2.23. The molecule has 1 aliphatic rings. The van der Waals surface area contributed by atoms with E-state index in [1.54, 1.807) is 0 Å². The molecular weight excluding hydrogens is 200 g/mol. The minimum Gasteiger partial charge on any atom is -0.299 e. The lowest BCUT2D eigenvalue weighted by molar-refractivity contribution is -0.129. The van der Waals surface area contributed by atoms with Crippen LogP contribution in [-0.4, -0.2) is 11.6 Å². The summed E-state index contributed by atoms with van der Waals surface area (Å²) >= 11 is 0. The molecule has 0 aromatic heterocycles. The standard InChI is InChI=1S/C14H24O2/c1-2-3-4-5-10-13(15)11-14(16)12-8-6-7-9-12/h12H,2-11H2,1H3. The van der Waals surface area contributed by atoms with Gasteiger partial charge in [0, 0.05) is 12.3 Å². The van der Waals surface area contributed by atoms with Crippen molar-refractivity contribution in [1.29, 1.82) is 0 Å². The third-order valence-corrected chi connectivity index (χ3v) is 3.49. The van der Waals surface area contributed by atoms with E-state index in [-0.39, 0.29) is 23.9 Å². The molecule has 1 fully saturated rings. The van der Waals surface area contributed by atoms with Gasteiger partial charge in [-0.15, -0.1) is 0 Å². The van der Waals surface area contributed by atoms with Crippen LogP contribution >= 0.6 is 0 Å². The molecule has 0 aliphatic heterocycles. The SMILES string of the molecule is CCCCCCC(=O)CC(=O)C1CCCC1. The summed E-state index contributed by atoms with van der Waals surface area (Å²) in [6, 6.07) is 0. The van der Waals surface area contributed by atoms with Gasteiger partial charge in [-0.05, 0) is 19.3 Å². The van der Waals surface area contributed by atoms with Crippen LogP contribution in [0.5, 0.6) is 0 Å². The highest BCUT2D eigenvalue weighted by atomic mass is 16.1. The number of unbranched alkanes of at least 4 members (excludes halogenated alkanes) is 3. The van der Waals surface area contributed by atoms with Crippen molar-refractivity contribution in [2.45, 2.75) is 71.1 Å². The Kier molecular flexibility index (Phi) is 6.36. The van der Waals surface area contributed by atoms with Gasteiger partial charge >= 0.3 is 0 Å². The Morgan fingerprint density at radius 1 is 1.06 bits per heavy atom. The fourth-order valence-corrected chi connectivity index (χ4v) is 2.42. The van der Waals surface area contributed by atoms with Crippen molar-refractivity contribution in [2.75, 3.05) is 0 Å². The van der Waals surface area contributed by atoms with E-state index in [0.29, 0.717) is 6.42 Å². The Hall–Kier alpha value is -0.660. The van der Waals surface area contributed by atoms with Gasteiger partial charge in [0.05, 0.1) is 6.42 Å². The fourth-order valence-electron chi connectivity index (χ4n) is 2.42. The Labute approximate surface area is 98.8 Å². The van der Waals surface area contributed by atoms with E-state index in [1.165, 1.54) is 25.7 Å². The molecule has 92 valence electrons. The second-order valence-electron chi connectivity index (χ2n) is 4.97. The number of ketones is 2. The maximum Gasteiger partial charge on any atom is 0.143 e. The van der Waals surface area contributed by atoms with Gasteiger partial charge in [-0.25, -0.2) is 0 Å². The lowest BCUT2D eigenvalue weighted by Gasteiger charge is -2.06. The molecule has 0 N–H and O–H groups in total. The molecule has 0 spiro atoms.